The van der Waals surface area contributed by atoms with E-state index in [0.717, 1.165) is 25.7 Å². The van der Waals surface area contributed by atoms with E-state index in [1.807, 2.05) is 48.5 Å². The summed E-state index contributed by atoms with van der Waals surface area (Å²) < 4.78 is 9.66. The van der Waals surface area contributed by atoms with Gasteiger partial charge >= 0.3 is 17.9 Å². The van der Waals surface area contributed by atoms with Gasteiger partial charge in [0, 0.05) is 0 Å². The number of carboxylic acid groups (broad SMARTS) is 1. The van der Waals surface area contributed by atoms with Gasteiger partial charge in [-0.15, -0.1) is 0 Å². The van der Waals surface area contributed by atoms with E-state index in [4.69, 9.17) is 14.6 Å². The van der Waals surface area contributed by atoms with Gasteiger partial charge in [0.25, 0.3) is 0 Å². The Morgan fingerprint density at radius 1 is 0.731 bits per heavy atom. The number of hydrogen-bond acceptors (Lipinski definition) is 5. The molecule has 6 nitrogen and oxygen atoms in total. The Bertz CT molecular complexity index is 367. The minimum atomic E-state index is -0.706. The summed E-state index contributed by atoms with van der Waals surface area (Å²) in [7, 11) is 0. The molecule has 0 aliphatic heterocycles. The minimum absolute atomic E-state index is 0.0601. The first-order valence-electron chi connectivity index (χ1n) is 9.68. The van der Waals surface area contributed by atoms with Gasteiger partial charge in [-0.05, 0) is 32.6 Å². The number of carboxylic acids is 1. The summed E-state index contributed by atoms with van der Waals surface area (Å²) in [5.41, 5.74) is 0. The molecule has 0 radical (unpaired) electrons. The van der Waals surface area contributed by atoms with Gasteiger partial charge in [0.05, 0.1) is 31.0 Å². The monoisotopic (exact) mass is 376 g/mol. The van der Waals surface area contributed by atoms with E-state index in [1.165, 1.54) is 0 Å². The van der Waals surface area contributed by atoms with Crippen molar-refractivity contribution < 1.29 is 29.0 Å². The molecule has 0 spiro atoms. The normalized spacial score (nSPS) is 12.9. The van der Waals surface area contributed by atoms with E-state index in [1.54, 1.807) is 6.92 Å². The molecule has 0 heterocycles. The van der Waals surface area contributed by atoms with Crippen LogP contribution < -0.4 is 0 Å². The zero-order valence-corrected chi connectivity index (χ0v) is 18.0. The van der Waals surface area contributed by atoms with Gasteiger partial charge in [-0.25, -0.2) is 0 Å². The molecule has 0 aliphatic carbocycles. The molecule has 0 bridgehead atoms. The van der Waals surface area contributed by atoms with Crippen LogP contribution in [0.15, 0.2) is 0 Å². The van der Waals surface area contributed by atoms with Gasteiger partial charge in [0.2, 0.25) is 0 Å². The molecule has 0 saturated heterocycles. The Morgan fingerprint density at radius 2 is 1.12 bits per heavy atom. The number of rotatable bonds is 9. The summed E-state index contributed by atoms with van der Waals surface area (Å²) in [4.78, 5) is 31.6. The maximum absolute atomic E-state index is 10.9. The SMILES string of the molecule is CCC(C)C(=O)O.CCCOC(=O)C(C)CC.CCOC(=O)C(C)CC. The third-order valence-electron chi connectivity index (χ3n) is 3.80. The fourth-order valence-electron chi connectivity index (χ4n) is 1.14. The van der Waals surface area contributed by atoms with Crippen LogP contribution in [0.25, 0.3) is 0 Å². The van der Waals surface area contributed by atoms with Crippen molar-refractivity contribution in [2.75, 3.05) is 13.2 Å². The highest BCUT2D eigenvalue weighted by Gasteiger charge is 2.10. The van der Waals surface area contributed by atoms with E-state index in [9.17, 15) is 14.4 Å². The highest BCUT2D eigenvalue weighted by molar-refractivity contribution is 5.72. The summed E-state index contributed by atoms with van der Waals surface area (Å²) in [5, 5.41) is 8.18. The highest BCUT2D eigenvalue weighted by atomic mass is 16.5. The minimum Gasteiger partial charge on any atom is -0.481 e. The van der Waals surface area contributed by atoms with Crippen LogP contribution in [0.4, 0.5) is 0 Å². The molecule has 0 saturated carbocycles. The van der Waals surface area contributed by atoms with Gasteiger partial charge in [-0.3, -0.25) is 14.4 Å². The Hall–Kier alpha value is -1.59. The van der Waals surface area contributed by atoms with E-state index >= 15 is 0 Å². The van der Waals surface area contributed by atoms with Crippen molar-refractivity contribution in [3.63, 3.8) is 0 Å². The largest absolute Gasteiger partial charge is 0.481 e. The number of carbonyl (C=O) groups is 3. The van der Waals surface area contributed by atoms with Crippen molar-refractivity contribution in [2.24, 2.45) is 17.8 Å². The lowest BCUT2D eigenvalue weighted by molar-refractivity contribution is -0.148. The maximum atomic E-state index is 10.9. The maximum Gasteiger partial charge on any atom is 0.308 e. The first-order chi connectivity index (χ1) is 12.1. The number of carbonyl (C=O) groups excluding carboxylic acids is 2. The topological polar surface area (TPSA) is 89.9 Å². The fourth-order valence-corrected chi connectivity index (χ4v) is 1.14. The van der Waals surface area contributed by atoms with Crippen LogP contribution in [-0.4, -0.2) is 36.2 Å². The quantitative estimate of drug-likeness (QED) is 0.587. The molecule has 6 heteroatoms. The molecule has 26 heavy (non-hydrogen) atoms. The second kappa shape index (κ2) is 19.7. The summed E-state index contributed by atoms with van der Waals surface area (Å²) in [6.07, 6.45) is 3.35. The molecule has 0 amide bonds. The number of ether oxygens (including phenoxy) is 2. The van der Waals surface area contributed by atoms with Gasteiger partial charge in [0.1, 0.15) is 0 Å². The van der Waals surface area contributed by atoms with Gasteiger partial charge in [-0.2, -0.15) is 0 Å². The lowest BCUT2D eigenvalue weighted by Crippen LogP contribution is -2.14. The molecule has 1 N–H and O–H groups in total. The van der Waals surface area contributed by atoms with E-state index < -0.39 is 5.97 Å². The zero-order chi connectivity index (χ0) is 21.1. The fraction of sp³-hybridized carbons (Fsp3) is 0.850. The van der Waals surface area contributed by atoms with Crippen LogP contribution in [0.5, 0.6) is 0 Å². The third kappa shape index (κ3) is 18.7. The van der Waals surface area contributed by atoms with Crippen LogP contribution in [-0.2, 0) is 23.9 Å². The zero-order valence-electron chi connectivity index (χ0n) is 18.0. The molecule has 0 aromatic carbocycles. The molecular weight excluding hydrogens is 336 g/mol. The van der Waals surface area contributed by atoms with Crippen LogP contribution in [0.1, 0.15) is 81.1 Å². The number of hydrogen-bond donors (Lipinski definition) is 1. The first-order valence-corrected chi connectivity index (χ1v) is 9.68. The second-order valence-electron chi connectivity index (χ2n) is 6.19. The Labute approximate surface area is 159 Å². The molecule has 0 aromatic rings. The smallest absolute Gasteiger partial charge is 0.308 e. The lowest BCUT2D eigenvalue weighted by atomic mass is 10.1. The molecule has 156 valence electrons. The van der Waals surface area contributed by atoms with Gasteiger partial charge in [-0.1, -0.05) is 48.5 Å². The standard InChI is InChI=1S/C8H16O2.C7H14O2.C5H10O2/c1-4-6-10-8(9)7(3)5-2;1-4-6(3)7(8)9-5-2;1-3-4(2)5(6)7/h7H,4-6H2,1-3H3;6H,4-5H2,1-3H3;4H,3H2,1-2H3,(H,6,7). The molecule has 0 fully saturated rings. The van der Waals surface area contributed by atoms with E-state index in [0.29, 0.717) is 13.2 Å². The Kier molecular flexibility index (Phi) is 22.1. The molecule has 0 aromatic heterocycles. The summed E-state index contributed by atoms with van der Waals surface area (Å²) in [6.45, 7) is 16.1. The van der Waals surface area contributed by atoms with E-state index in [-0.39, 0.29) is 29.7 Å². The first kappa shape index (κ1) is 29.2. The van der Waals surface area contributed by atoms with Crippen LogP contribution in [0.3, 0.4) is 0 Å². The highest BCUT2D eigenvalue weighted by Crippen LogP contribution is 2.03. The number of esters is 2. The molecule has 0 rings (SSSR count). The average molecular weight is 377 g/mol. The summed E-state index contributed by atoms with van der Waals surface area (Å²) >= 11 is 0. The van der Waals surface area contributed by atoms with Crippen LogP contribution in [0, 0.1) is 17.8 Å². The molecule has 0 aliphatic rings. The van der Waals surface area contributed by atoms with Crippen molar-refractivity contribution in [3.8, 4) is 0 Å². The third-order valence-corrected chi connectivity index (χ3v) is 3.80. The summed E-state index contributed by atoms with van der Waals surface area (Å²) in [5.74, 6) is -0.914. The Balaban J connectivity index is -0.000000310. The lowest BCUT2D eigenvalue weighted by Gasteiger charge is -2.07. The van der Waals surface area contributed by atoms with Crippen molar-refractivity contribution in [3.05, 3.63) is 0 Å². The van der Waals surface area contributed by atoms with Crippen molar-refractivity contribution in [1.29, 1.82) is 0 Å². The van der Waals surface area contributed by atoms with Gasteiger partial charge < -0.3 is 14.6 Å². The molecular formula is C20H40O6. The van der Waals surface area contributed by atoms with Crippen molar-refractivity contribution in [2.45, 2.75) is 81.1 Å². The molecule has 3 atom stereocenters. The predicted molar refractivity (Wildman–Crippen MR) is 104 cm³/mol. The van der Waals surface area contributed by atoms with Crippen molar-refractivity contribution in [1.82, 2.24) is 0 Å². The Morgan fingerprint density at radius 3 is 1.35 bits per heavy atom. The number of aliphatic carboxylic acids is 1. The predicted octanol–water partition coefficient (Wildman–Crippen LogP) is 4.70. The van der Waals surface area contributed by atoms with Crippen LogP contribution >= 0.6 is 0 Å². The summed E-state index contributed by atoms with van der Waals surface area (Å²) in [6, 6.07) is 0. The van der Waals surface area contributed by atoms with Crippen molar-refractivity contribution >= 4 is 17.9 Å². The second-order valence-corrected chi connectivity index (χ2v) is 6.19. The van der Waals surface area contributed by atoms with Gasteiger partial charge in [0.15, 0.2) is 0 Å². The average Bonchev–Trinajstić information content (AvgIpc) is 2.64. The van der Waals surface area contributed by atoms with Crippen LogP contribution in [0.2, 0.25) is 0 Å². The molecule has 3 unspecified atom stereocenters. The van der Waals surface area contributed by atoms with E-state index in [2.05, 4.69) is 0 Å².